The van der Waals surface area contributed by atoms with Crippen LogP contribution in [-0.2, 0) is 6.18 Å². The molecule has 15 heavy (non-hydrogen) atoms. The van der Waals surface area contributed by atoms with Gasteiger partial charge in [-0.2, -0.15) is 13.2 Å². The minimum absolute atomic E-state index is 0.0432. The van der Waals surface area contributed by atoms with Crippen LogP contribution in [0.5, 0.6) is 0 Å². The quantitative estimate of drug-likeness (QED) is 0.708. The molecule has 1 nitrogen and oxygen atoms in total. The van der Waals surface area contributed by atoms with Crippen LogP contribution in [0.25, 0.3) is 0 Å². The molecule has 1 heterocycles. The molecular weight excluding hydrogens is 227 g/mol. The molecule has 0 amide bonds. The van der Waals surface area contributed by atoms with E-state index in [0.717, 1.165) is 12.3 Å². The van der Waals surface area contributed by atoms with Crippen molar-refractivity contribution in [2.45, 2.75) is 25.4 Å². The van der Waals surface area contributed by atoms with Gasteiger partial charge < -0.3 is 0 Å². The number of halogens is 4. The van der Waals surface area contributed by atoms with Crippen LogP contribution in [0.15, 0.2) is 18.5 Å². The van der Waals surface area contributed by atoms with Crippen molar-refractivity contribution < 1.29 is 13.2 Å². The van der Waals surface area contributed by atoms with E-state index >= 15 is 0 Å². The summed E-state index contributed by atoms with van der Waals surface area (Å²) in [7, 11) is 0. The van der Waals surface area contributed by atoms with Gasteiger partial charge in [-0.25, -0.2) is 0 Å². The largest absolute Gasteiger partial charge is 0.416 e. The third-order valence-corrected chi connectivity index (χ3v) is 2.78. The van der Waals surface area contributed by atoms with Crippen LogP contribution in [0.3, 0.4) is 0 Å². The zero-order valence-corrected chi connectivity index (χ0v) is 9.10. The van der Waals surface area contributed by atoms with E-state index in [-0.39, 0.29) is 11.5 Å². The Balaban J connectivity index is 3.18. The van der Waals surface area contributed by atoms with Gasteiger partial charge in [0.25, 0.3) is 0 Å². The number of hydrogen-bond acceptors (Lipinski definition) is 1. The first-order valence-electron chi connectivity index (χ1n) is 4.49. The highest BCUT2D eigenvalue weighted by Crippen LogP contribution is 2.38. The highest BCUT2D eigenvalue weighted by atomic mass is 35.5. The number of alkyl halides is 4. The average Bonchev–Trinajstić information content (AvgIpc) is 2.15. The number of rotatable bonds is 2. The maximum atomic E-state index is 12.6. The fourth-order valence-electron chi connectivity index (χ4n) is 1.24. The van der Waals surface area contributed by atoms with Crippen LogP contribution >= 0.6 is 11.6 Å². The van der Waals surface area contributed by atoms with Crippen LogP contribution in [0.2, 0.25) is 0 Å². The maximum absolute atomic E-state index is 12.6. The molecule has 0 aliphatic rings. The molecule has 0 saturated heterocycles. The van der Waals surface area contributed by atoms with Gasteiger partial charge in [0.05, 0.1) is 10.9 Å². The summed E-state index contributed by atoms with van der Waals surface area (Å²) >= 11 is 5.91. The minimum Gasteiger partial charge on any atom is -0.264 e. The van der Waals surface area contributed by atoms with Gasteiger partial charge >= 0.3 is 6.18 Å². The Morgan fingerprint density at radius 1 is 1.33 bits per heavy atom. The number of pyridine rings is 1. The standard InChI is InChI=1S/C10H11ClF3N/c1-6(2)9(11)7-5-15-4-3-8(7)10(12,13)14/h3-6,9H,1-2H3. The lowest BCUT2D eigenvalue weighted by molar-refractivity contribution is -0.138. The van der Waals surface area contributed by atoms with Crippen LogP contribution < -0.4 is 0 Å². The van der Waals surface area contributed by atoms with Gasteiger partial charge in [0.2, 0.25) is 0 Å². The van der Waals surface area contributed by atoms with E-state index in [2.05, 4.69) is 4.98 Å². The average molecular weight is 238 g/mol. The van der Waals surface area contributed by atoms with Crippen molar-refractivity contribution in [3.05, 3.63) is 29.6 Å². The Morgan fingerprint density at radius 3 is 2.40 bits per heavy atom. The van der Waals surface area contributed by atoms with Crippen LogP contribution in [0, 0.1) is 5.92 Å². The second-order valence-electron chi connectivity index (χ2n) is 3.61. The molecule has 84 valence electrons. The molecule has 0 bridgehead atoms. The topological polar surface area (TPSA) is 12.9 Å². The third kappa shape index (κ3) is 2.84. The number of nitrogens with zero attached hydrogens (tertiary/aromatic N) is 1. The summed E-state index contributed by atoms with van der Waals surface area (Å²) in [6, 6.07) is 0.951. The first-order valence-corrected chi connectivity index (χ1v) is 4.93. The van der Waals surface area contributed by atoms with Crippen molar-refractivity contribution in [1.82, 2.24) is 4.98 Å². The molecule has 0 radical (unpaired) electrons. The maximum Gasteiger partial charge on any atom is 0.416 e. The number of hydrogen-bond donors (Lipinski definition) is 0. The molecule has 0 fully saturated rings. The van der Waals surface area contributed by atoms with Crippen LogP contribution in [0.1, 0.15) is 30.4 Å². The third-order valence-electron chi connectivity index (χ3n) is 2.04. The van der Waals surface area contributed by atoms with E-state index in [1.165, 1.54) is 6.20 Å². The SMILES string of the molecule is CC(C)C(Cl)c1cnccc1C(F)(F)F. The Kier molecular flexibility index (Phi) is 3.60. The van der Waals surface area contributed by atoms with E-state index in [0.29, 0.717) is 0 Å². The summed E-state index contributed by atoms with van der Waals surface area (Å²) in [5.74, 6) is -0.0723. The Bertz CT molecular complexity index is 336. The van der Waals surface area contributed by atoms with Crippen molar-refractivity contribution >= 4 is 11.6 Å². The van der Waals surface area contributed by atoms with Crippen molar-refractivity contribution in [3.8, 4) is 0 Å². The van der Waals surface area contributed by atoms with Crippen molar-refractivity contribution in [2.24, 2.45) is 5.92 Å². The van der Waals surface area contributed by atoms with Gasteiger partial charge in [-0.15, -0.1) is 11.6 Å². The first-order chi connectivity index (χ1) is 6.84. The van der Waals surface area contributed by atoms with Gasteiger partial charge in [0.15, 0.2) is 0 Å². The van der Waals surface area contributed by atoms with Gasteiger partial charge in [-0.1, -0.05) is 13.8 Å². The summed E-state index contributed by atoms with van der Waals surface area (Å²) in [5, 5.41) is -0.671. The van der Waals surface area contributed by atoms with E-state index in [1.807, 2.05) is 0 Å². The minimum atomic E-state index is -4.37. The lowest BCUT2D eigenvalue weighted by Crippen LogP contribution is -2.12. The molecule has 0 spiro atoms. The fraction of sp³-hybridized carbons (Fsp3) is 0.500. The van der Waals surface area contributed by atoms with Gasteiger partial charge in [-0.3, -0.25) is 4.98 Å². The lowest BCUT2D eigenvalue weighted by atomic mass is 9.99. The molecule has 0 aliphatic heterocycles. The van der Waals surface area contributed by atoms with Crippen molar-refractivity contribution in [2.75, 3.05) is 0 Å². The zero-order valence-electron chi connectivity index (χ0n) is 8.35. The molecule has 0 aromatic carbocycles. The highest BCUT2D eigenvalue weighted by Gasteiger charge is 2.35. The smallest absolute Gasteiger partial charge is 0.264 e. The Labute approximate surface area is 91.3 Å². The van der Waals surface area contributed by atoms with Gasteiger partial charge in [0, 0.05) is 18.0 Å². The lowest BCUT2D eigenvalue weighted by Gasteiger charge is -2.18. The predicted octanol–water partition coefficient (Wildman–Crippen LogP) is 4.04. The Morgan fingerprint density at radius 2 is 1.93 bits per heavy atom. The summed E-state index contributed by atoms with van der Waals surface area (Å²) in [4.78, 5) is 3.68. The highest BCUT2D eigenvalue weighted by molar-refractivity contribution is 6.21. The second-order valence-corrected chi connectivity index (χ2v) is 4.08. The molecular formula is C10H11ClF3N. The monoisotopic (exact) mass is 237 g/mol. The second kappa shape index (κ2) is 4.39. The van der Waals surface area contributed by atoms with Gasteiger partial charge in [-0.05, 0) is 12.0 Å². The summed E-state index contributed by atoms with van der Waals surface area (Å²) in [6.07, 6.45) is -2.07. The fourth-order valence-corrected chi connectivity index (χ4v) is 1.42. The van der Waals surface area contributed by atoms with E-state index in [4.69, 9.17) is 11.6 Å². The van der Waals surface area contributed by atoms with Crippen LogP contribution in [-0.4, -0.2) is 4.98 Å². The Hall–Kier alpha value is -0.770. The molecule has 0 aliphatic carbocycles. The normalized spacial score (nSPS) is 14.3. The van der Waals surface area contributed by atoms with E-state index < -0.39 is 17.1 Å². The van der Waals surface area contributed by atoms with Crippen molar-refractivity contribution in [3.63, 3.8) is 0 Å². The predicted molar refractivity (Wildman–Crippen MR) is 52.7 cm³/mol. The summed E-state index contributed by atoms with van der Waals surface area (Å²) < 4.78 is 37.8. The first kappa shape index (κ1) is 12.3. The molecule has 1 rings (SSSR count). The summed E-state index contributed by atoms with van der Waals surface area (Å²) in [6.45, 7) is 3.54. The molecule has 1 aromatic rings. The molecule has 1 atom stereocenters. The van der Waals surface area contributed by atoms with E-state index in [1.54, 1.807) is 13.8 Å². The van der Waals surface area contributed by atoms with Crippen LogP contribution in [0.4, 0.5) is 13.2 Å². The van der Waals surface area contributed by atoms with E-state index in [9.17, 15) is 13.2 Å². The molecule has 0 N–H and O–H groups in total. The van der Waals surface area contributed by atoms with Crippen molar-refractivity contribution in [1.29, 1.82) is 0 Å². The van der Waals surface area contributed by atoms with Gasteiger partial charge in [0.1, 0.15) is 0 Å². The summed E-state index contributed by atoms with van der Waals surface area (Å²) in [5.41, 5.74) is -0.659. The molecule has 1 aromatic heterocycles. The molecule has 5 heteroatoms. The number of aromatic nitrogens is 1. The zero-order chi connectivity index (χ0) is 11.6. The molecule has 0 saturated carbocycles. The molecule has 1 unspecified atom stereocenters.